The summed E-state index contributed by atoms with van der Waals surface area (Å²) in [4.78, 5) is 30.9. The number of nitrogens with zero attached hydrogens (tertiary/aromatic N) is 2. The number of nitro benzene ring substituents is 2. The molecule has 1 aromatic rings. The zero-order valence-corrected chi connectivity index (χ0v) is 9.09. The fourth-order valence-electron chi connectivity index (χ4n) is 1.39. The van der Waals surface area contributed by atoms with Crippen molar-refractivity contribution < 1.29 is 14.6 Å². The molecule has 0 aliphatic heterocycles. The molecule has 8 heteroatoms. The number of rotatable bonds is 3. The monoisotopic (exact) mass is 239 g/mol. The van der Waals surface area contributed by atoms with Crippen LogP contribution in [0.3, 0.4) is 0 Å². The van der Waals surface area contributed by atoms with E-state index in [1.807, 2.05) is 0 Å². The Labute approximate surface area is 95.5 Å². The van der Waals surface area contributed by atoms with E-state index in [0.29, 0.717) is 0 Å². The van der Waals surface area contributed by atoms with E-state index in [0.717, 1.165) is 19.1 Å². The van der Waals surface area contributed by atoms with Gasteiger partial charge >= 0.3 is 0 Å². The first-order valence-corrected chi connectivity index (χ1v) is 4.54. The molecule has 0 aliphatic carbocycles. The Morgan fingerprint density at radius 3 is 2.24 bits per heavy atom. The minimum Gasteiger partial charge on any atom is -0.320 e. The van der Waals surface area contributed by atoms with Crippen LogP contribution in [0.2, 0.25) is 0 Å². The highest BCUT2D eigenvalue weighted by Gasteiger charge is 2.23. The quantitative estimate of drug-likeness (QED) is 0.637. The number of non-ortho nitro benzene ring substituents is 1. The van der Waals surface area contributed by atoms with Crippen molar-refractivity contribution in [3.8, 4) is 0 Å². The van der Waals surface area contributed by atoms with Crippen molar-refractivity contribution in [3.05, 3.63) is 37.9 Å². The van der Waals surface area contributed by atoms with E-state index in [2.05, 4.69) is 5.32 Å². The van der Waals surface area contributed by atoms with Crippen LogP contribution in [0.25, 0.3) is 0 Å². The molecule has 0 atom stereocenters. The van der Waals surface area contributed by atoms with Crippen LogP contribution in [-0.4, -0.2) is 15.8 Å². The topological polar surface area (TPSA) is 115 Å². The molecule has 0 saturated carbocycles. The fourth-order valence-corrected chi connectivity index (χ4v) is 1.39. The predicted octanol–water partition coefficient (Wildman–Crippen LogP) is 1.77. The number of nitro groups is 2. The van der Waals surface area contributed by atoms with Crippen molar-refractivity contribution in [2.45, 2.75) is 13.8 Å². The van der Waals surface area contributed by atoms with Crippen LogP contribution in [0, 0.1) is 27.2 Å². The molecule has 0 aromatic heterocycles. The van der Waals surface area contributed by atoms with Gasteiger partial charge in [-0.2, -0.15) is 0 Å². The summed E-state index contributed by atoms with van der Waals surface area (Å²) in [6.07, 6.45) is 0. The molecule has 1 N–H and O–H groups in total. The summed E-state index contributed by atoms with van der Waals surface area (Å²) in [5, 5.41) is 23.6. The second-order valence-corrected chi connectivity index (χ2v) is 3.35. The molecule has 0 unspecified atom stereocenters. The molecule has 0 radical (unpaired) electrons. The van der Waals surface area contributed by atoms with Gasteiger partial charge in [0.2, 0.25) is 5.91 Å². The summed E-state index contributed by atoms with van der Waals surface area (Å²) >= 11 is 0. The molecule has 17 heavy (non-hydrogen) atoms. The summed E-state index contributed by atoms with van der Waals surface area (Å²) in [7, 11) is 0. The van der Waals surface area contributed by atoms with Gasteiger partial charge in [0.15, 0.2) is 0 Å². The highest BCUT2D eigenvalue weighted by atomic mass is 16.6. The largest absolute Gasteiger partial charge is 0.320 e. The third-order valence-corrected chi connectivity index (χ3v) is 1.99. The van der Waals surface area contributed by atoms with Crippen molar-refractivity contribution >= 4 is 23.0 Å². The number of anilines is 1. The van der Waals surface area contributed by atoms with Gasteiger partial charge in [0.1, 0.15) is 5.69 Å². The zero-order chi connectivity index (χ0) is 13.2. The molecule has 0 spiro atoms. The van der Waals surface area contributed by atoms with Gasteiger partial charge in [-0.1, -0.05) is 0 Å². The number of carbonyl (C=O) groups is 1. The van der Waals surface area contributed by atoms with Gasteiger partial charge in [0.25, 0.3) is 11.4 Å². The SMILES string of the molecule is CC(=O)Nc1cc([N+](=O)[O-])cc(C)c1[N+](=O)[O-]. The number of carbonyl (C=O) groups excluding carboxylic acids is 1. The highest BCUT2D eigenvalue weighted by Crippen LogP contribution is 2.32. The summed E-state index contributed by atoms with van der Waals surface area (Å²) in [6.45, 7) is 2.54. The van der Waals surface area contributed by atoms with Gasteiger partial charge in [-0.15, -0.1) is 0 Å². The Morgan fingerprint density at radius 1 is 1.24 bits per heavy atom. The Balaban J connectivity index is 3.44. The van der Waals surface area contributed by atoms with Crippen LogP contribution < -0.4 is 5.32 Å². The summed E-state index contributed by atoms with van der Waals surface area (Å²) in [5.41, 5.74) is -0.704. The van der Waals surface area contributed by atoms with E-state index in [1.165, 1.54) is 6.92 Å². The molecule has 90 valence electrons. The Hall–Kier alpha value is -2.51. The van der Waals surface area contributed by atoms with E-state index in [9.17, 15) is 25.0 Å². The normalized spacial score (nSPS) is 9.76. The van der Waals surface area contributed by atoms with Gasteiger partial charge in [-0.25, -0.2) is 0 Å². The number of benzene rings is 1. The second kappa shape index (κ2) is 4.56. The number of hydrogen-bond acceptors (Lipinski definition) is 5. The van der Waals surface area contributed by atoms with E-state index in [4.69, 9.17) is 0 Å². The predicted molar refractivity (Wildman–Crippen MR) is 58.8 cm³/mol. The number of hydrogen-bond donors (Lipinski definition) is 1. The molecule has 1 amide bonds. The summed E-state index contributed by atoms with van der Waals surface area (Å²) in [6, 6.07) is 2.05. The maximum absolute atomic E-state index is 10.9. The Bertz CT molecular complexity index is 512. The second-order valence-electron chi connectivity index (χ2n) is 3.35. The average molecular weight is 239 g/mol. The molecule has 0 aliphatic rings. The third kappa shape index (κ3) is 2.74. The lowest BCUT2D eigenvalue weighted by atomic mass is 10.1. The maximum Gasteiger partial charge on any atom is 0.296 e. The molecule has 0 bridgehead atoms. The van der Waals surface area contributed by atoms with Gasteiger partial charge in [-0.3, -0.25) is 25.0 Å². The van der Waals surface area contributed by atoms with Crippen molar-refractivity contribution in [3.63, 3.8) is 0 Å². The van der Waals surface area contributed by atoms with Crippen molar-refractivity contribution in [1.29, 1.82) is 0 Å². The van der Waals surface area contributed by atoms with Crippen LogP contribution in [0.4, 0.5) is 17.1 Å². The summed E-state index contributed by atoms with van der Waals surface area (Å²) < 4.78 is 0. The minimum atomic E-state index is -0.690. The number of aryl methyl sites for hydroxylation is 1. The van der Waals surface area contributed by atoms with E-state index < -0.39 is 15.8 Å². The standard InChI is InChI=1S/C9H9N3O5/c1-5-3-7(11(14)15)4-8(10-6(2)13)9(5)12(16)17/h3-4H,1-2H3,(H,10,13). The fraction of sp³-hybridized carbons (Fsp3) is 0.222. The van der Waals surface area contributed by atoms with Crippen LogP contribution in [0.15, 0.2) is 12.1 Å². The van der Waals surface area contributed by atoms with Crippen LogP contribution in [0.5, 0.6) is 0 Å². The van der Waals surface area contributed by atoms with Crippen LogP contribution >= 0.6 is 0 Å². The molecule has 0 heterocycles. The smallest absolute Gasteiger partial charge is 0.296 e. The van der Waals surface area contributed by atoms with Crippen molar-refractivity contribution in [2.24, 2.45) is 0 Å². The first-order valence-electron chi connectivity index (χ1n) is 4.54. The van der Waals surface area contributed by atoms with Crippen molar-refractivity contribution in [1.82, 2.24) is 0 Å². The maximum atomic E-state index is 10.9. The van der Waals surface area contributed by atoms with E-state index in [1.54, 1.807) is 0 Å². The van der Waals surface area contributed by atoms with E-state index >= 15 is 0 Å². The lowest BCUT2D eigenvalue weighted by Crippen LogP contribution is -2.09. The van der Waals surface area contributed by atoms with Gasteiger partial charge < -0.3 is 5.32 Å². The molecule has 1 aromatic carbocycles. The van der Waals surface area contributed by atoms with E-state index in [-0.39, 0.29) is 22.6 Å². The molecule has 0 fully saturated rings. The lowest BCUT2D eigenvalue weighted by molar-refractivity contribution is -0.388. The molecule has 8 nitrogen and oxygen atoms in total. The zero-order valence-electron chi connectivity index (χ0n) is 9.09. The van der Waals surface area contributed by atoms with Gasteiger partial charge in [0.05, 0.1) is 9.85 Å². The van der Waals surface area contributed by atoms with Crippen molar-refractivity contribution in [2.75, 3.05) is 5.32 Å². The molecular formula is C9H9N3O5. The van der Waals surface area contributed by atoms with Gasteiger partial charge in [0, 0.05) is 24.6 Å². The first-order chi connectivity index (χ1) is 7.82. The molecule has 0 saturated heterocycles. The average Bonchev–Trinajstić information content (AvgIpc) is 2.14. The van der Waals surface area contributed by atoms with Crippen LogP contribution in [-0.2, 0) is 4.79 Å². The Morgan fingerprint density at radius 2 is 1.82 bits per heavy atom. The summed E-state index contributed by atoms with van der Waals surface area (Å²) in [5.74, 6) is -0.534. The molecular weight excluding hydrogens is 230 g/mol. The van der Waals surface area contributed by atoms with Gasteiger partial charge in [-0.05, 0) is 6.92 Å². The number of nitrogens with one attached hydrogen (secondary N) is 1. The first kappa shape index (κ1) is 12.6. The molecule has 1 rings (SSSR count). The lowest BCUT2D eigenvalue weighted by Gasteiger charge is -2.05. The minimum absolute atomic E-state index is 0.118. The third-order valence-electron chi connectivity index (χ3n) is 1.99. The highest BCUT2D eigenvalue weighted by molar-refractivity contribution is 5.92. The van der Waals surface area contributed by atoms with Crippen LogP contribution in [0.1, 0.15) is 12.5 Å². The number of amides is 1. The Kier molecular flexibility index (Phi) is 3.37.